The monoisotopic (exact) mass is 250 g/mol. The molecule has 0 fully saturated rings. The third kappa shape index (κ3) is 1.80. The van der Waals surface area contributed by atoms with Crippen LogP contribution in [0.5, 0.6) is 0 Å². The SMILES string of the molecule is CC(C)[C@H](N)C(=O)n1c(C(=O)O)cc2occc21. The molecule has 6 nitrogen and oxygen atoms in total. The molecule has 96 valence electrons. The number of nitrogens with zero attached hydrogens (tertiary/aromatic N) is 1. The number of nitrogens with two attached hydrogens (primary N) is 1. The molecule has 0 aromatic carbocycles. The van der Waals surface area contributed by atoms with Crippen molar-refractivity contribution < 1.29 is 19.1 Å². The maximum Gasteiger partial charge on any atom is 0.353 e. The van der Waals surface area contributed by atoms with Crippen molar-refractivity contribution in [2.75, 3.05) is 0 Å². The number of hydrogen-bond acceptors (Lipinski definition) is 4. The predicted molar refractivity (Wildman–Crippen MR) is 64.6 cm³/mol. The molecule has 0 aliphatic carbocycles. The number of carboxylic acid groups (broad SMARTS) is 1. The number of rotatable bonds is 3. The Labute approximate surface area is 103 Å². The number of fused-ring (bicyclic) bond motifs is 1. The Morgan fingerprint density at radius 2 is 2.11 bits per heavy atom. The van der Waals surface area contributed by atoms with Crippen LogP contribution in [0, 0.1) is 5.92 Å². The minimum absolute atomic E-state index is 0.0801. The van der Waals surface area contributed by atoms with Crippen LogP contribution in [0.2, 0.25) is 0 Å². The van der Waals surface area contributed by atoms with Crippen molar-refractivity contribution in [3.63, 3.8) is 0 Å². The molecule has 0 radical (unpaired) electrons. The number of carbonyl (C=O) groups is 2. The average Bonchev–Trinajstić information content (AvgIpc) is 2.85. The van der Waals surface area contributed by atoms with E-state index in [1.165, 1.54) is 12.3 Å². The summed E-state index contributed by atoms with van der Waals surface area (Å²) in [7, 11) is 0. The third-order valence-electron chi connectivity index (χ3n) is 2.87. The highest BCUT2D eigenvalue weighted by Gasteiger charge is 2.26. The predicted octanol–water partition coefficient (Wildman–Crippen LogP) is 1.56. The van der Waals surface area contributed by atoms with E-state index in [9.17, 15) is 9.59 Å². The van der Waals surface area contributed by atoms with Crippen molar-refractivity contribution in [2.24, 2.45) is 11.7 Å². The highest BCUT2D eigenvalue weighted by atomic mass is 16.4. The Balaban J connectivity index is 2.60. The topological polar surface area (TPSA) is 98.5 Å². The van der Waals surface area contributed by atoms with Gasteiger partial charge in [-0.3, -0.25) is 9.36 Å². The van der Waals surface area contributed by atoms with E-state index in [0.717, 1.165) is 4.57 Å². The fourth-order valence-electron chi connectivity index (χ4n) is 1.75. The summed E-state index contributed by atoms with van der Waals surface area (Å²) in [5.74, 6) is -1.71. The maximum absolute atomic E-state index is 12.2. The van der Waals surface area contributed by atoms with Gasteiger partial charge in [-0.2, -0.15) is 0 Å². The molecule has 3 N–H and O–H groups in total. The summed E-state index contributed by atoms with van der Waals surface area (Å²) in [4.78, 5) is 23.3. The molecule has 0 spiro atoms. The largest absolute Gasteiger partial charge is 0.477 e. The molecule has 6 heteroatoms. The molecule has 0 saturated carbocycles. The summed E-state index contributed by atoms with van der Waals surface area (Å²) in [6.07, 6.45) is 1.40. The van der Waals surface area contributed by atoms with E-state index in [0.29, 0.717) is 11.1 Å². The molecule has 0 unspecified atom stereocenters. The van der Waals surface area contributed by atoms with E-state index in [1.807, 2.05) is 0 Å². The van der Waals surface area contributed by atoms with Crippen molar-refractivity contribution in [3.8, 4) is 0 Å². The van der Waals surface area contributed by atoms with Gasteiger partial charge in [-0.1, -0.05) is 13.8 Å². The van der Waals surface area contributed by atoms with Crippen molar-refractivity contribution in [3.05, 3.63) is 24.1 Å². The maximum atomic E-state index is 12.2. The molecule has 2 heterocycles. The normalized spacial score (nSPS) is 13.1. The lowest BCUT2D eigenvalue weighted by atomic mass is 10.0. The molecule has 0 saturated heterocycles. The highest BCUT2D eigenvalue weighted by Crippen LogP contribution is 2.22. The zero-order valence-corrected chi connectivity index (χ0v) is 10.1. The van der Waals surface area contributed by atoms with Gasteiger partial charge in [0.2, 0.25) is 5.91 Å². The summed E-state index contributed by atoms with van der Waals surface area (Å²) >= 11 is 0. The Morgan fingerprint density at radius 3 is 2.67 bits per heavy atom. The van der Waals surface area contributed by atoms with Gasteiger partial charge in [0.15, 0.2) is 5.58 Å². The van der Waals surface area contributed by atoms with E-state index in [-0.39, 0.29) is 11.6 Å². The zero-order chi connectivity index (χ0) is 13.4. The molecule has 2 aromatic rings. The van der Waals surface area contributed by atoms with Crippen LogP contribution in [0.1, 0.15) is 29.1 Å². The van der Waals surface area contributed by atoms with Crippen LogP contribution in [0.25, 0.3) is 11.1 Å². The van der Waals surface area contributed by atoms with Gasteiger partial charge in [0.25, 0.3) is 0 Å². The molecule has 0 amide bonds. The van der Waals surface area contributed by atoms with Crippen LogP contribution >= 0.6 is 0 Å². The van der Waals surface area contributed by atoms with Gasteiger partial charge in [0.1, 0.15) is 5.69 Å². The van der Waals surface area contributed by atoms with Gasteiger partial charge in [-0.25, -0.2) is 4.79 Å². The van der Waals surface area contributed by atoms with Gasteiger partial charge in [0, 0.05) is 12.1 Å². The second kappa shape index (κ2) is 4.30. The van der Waals surface area contributed by atoms with E-state index in [4.69, 9.17) is 15.3 Å². The summed E-state index contributed by atoms with van der Waals surface area (Å²) in [6.45, 7) is 3.61. The minimum Gasteiger partial charge on any atom is -0.477 e. The second-order valence-corrected chi connectivity index (χ2v) is 4.45. The molecular weight excluding hydrogens is 236 g/mol. The first kappa shape index (κ1) is 12.4. The van der Waals surface area contributed by atoms with Crippen LogP contribution in [0.3, 0.4) is 0 Å². The Morgan fingerprint density at radius 1 is 1.44 bits per heavy atom. The third-order valence-corrected chi connectivity index (χ3v) is 2.87. The van der Waals surface area contributed by atoms with Crippen LogP contribution in [0.15, 0.2) is 22.8 Å². The van der Waals surface area contributed by atoms with Gasteiger partial charge >= 0.3 is 5.97 Å². The fourth-order valence-corrected chi connectivity index (χ4v) is 1.75. The Kier molecular flexibility index (Phi) is 2.96. The number of hydrogen-bond donors (Lipinski definition) is 2. The van der Waals surface area contributed by atoms with Gasteiger partial charge in [0.05, 0.1) is 17.8 Å². The standard InChI is InChI=1S/C12H14N2O4/c1-6(2)10(13)11(15)14-7-3-4-18-9(7)5-8(14)12(16)17/h3-6,10H,13H2,1-2H3,(H,16,17)/t10-/m0/s1. The number of furan rings is 1. The molecule has 2 rings (SSSR count). The molecule has 1 atom stereocenters. The van der Waals surface area contributed by atoms with Crippen molar-refractivity contribution >= 4 is 23.0 Å². The van der Waals surface area contributed by atoms with E-state index in [1.54, 1.807) is 19.9 Å². The second-order valence-electron chi connectivity index (χ2n) is 4.45. The first-order chi connectivity index (χ1) is 8.43. The van der Waals surface area contributed by atoms with Crippen LogP contribution in [-0.4, -0.2) is 27.6 Å². The van der Waals surface area contributed by atoms with Gasteiger partial charge < -0.3 is 15.3 Å². The first-order valence-electron chi connectivity index (χ1n) is 5.55. The van der Waals surface area contributed by atoms with Crippen LogP contribution in [-0.2, 0) is 0 Å². The van der Waals surface area contributed by atoms with E-state index in [2.05, 4.69) is 0 Å². The molecule has 0 bridgehead atoms. The molecule has 0 aliphatic rings. The molecule has 18 heavy (non-hydrogen) atoms. The lowest BCUT2D eigenvalue weighted by Crippen LogP contribution is -2.40. The number of aromatic carboxylic acids is 1. The Bertz CT molecular complexity index is 609. The van der Waals surface area contributed by atoms with E-state index >= 15 is 0 Å². The molecule has 0 aliphatic heterocycles. The number of carbonyl (C=O) groups excluding carboxylic acids is 1. The highest BCUT2D eigenvalue weighted by molar-refractivity contribution is 6.02. The average molecular weight is 250 g/mol. The minimum atomic E-state index is -1.19. The summed E-state index contributed by atoms with van der Waals surface area (Å²) in [6, 6.07) is 2.11. The van der Waals surface area contributed by atoms with Crippen molar-refractivity contribution in [2.45, 2.75) is 19.9 Å². The van der Waals surface area contributed by atoms with Crippen molar-refractivity contribution in [1.29, 1.82) is 0 Å². The summed E-state index contributed by atoms with van der Waals surface area (Å²) in [5, 5.41) is 9.10. The fraction of sp³-hybridized carbons (Fsp3) is 0.333. The van der Waals surface area contributed by atoms with Crippen molar-refractivity contribution in [1.82, 2.24) is 4.57 Å². The van der Waals surface area contributed by atoms with Gasteiger partial charge in [-0.15, -0.1) is 0 Å². The number of carboxylic acids is 1. The number of aromatic nitrogens is 1. The quantitative estimate of drug-likeness (QED) is 0.861. The van der Waals surface area contributed by atoms with Gasteiger partial charge in [-0.05, 0) is 5.92 Å². The van der Waals surface area contributed by atoms with Crippen LogP contribution in [0.4, 0.5) is 0 Å². The molecule has 2 aromatic heterocycles. The smallest absolute Gasteiger partial charge is 0.353 e. The Hall–Kier alpha value is -2.08. The molecular formula is C12H14N2O4. The zero-order valence-electron chi connectivity index (χ0n) is 10.1. The first-order valence-corrected chi connectivity index (χ1v) is 5.55. The summed E-state index contributed by atoms with van der Waals surface area (Å²) in [5.41, 5.74) is 6.43. The van der Waals surface area contributed by atoms with E-state index < -0.39 is 17.9 Å². The van der Waals surface area contributed by atoms with Crippen LogP contribution < -0.4 is 5.73 Å². The lowest BCUT2D eigenvalue weighted by molar-refractivity contribution is 0.0669. The lowest BCUT2D eigenvalue weighted by Gasteiger charge is -2.16. The summed E-state index contributed by atoms with van der Waals surface area (Å²) < 4.78 is 6.21.